The molecule has 0 aliphatic carbocycles. The Balaban J connectivity index is 2.33. The maximum Gasteiger partial charge on any atom is 0.173 e. The van der Waals surface area contributed by atoms with Gasteiger partial charge in [0.05, 0.1) is 11.7 Å². The highest BCUT2D eigenvalue weighted by atomic mass is 19.1. The van der Waals surface area contributed by atoms with Crippen molar-refractivity contribution < 1.29 is 4.39 Å². The van der Waals surface area contributed by atoms with Gasteiger partial charge in [-0.25, -0.2) is 4.39 Å². The average molecular weight is 263 g/mol. The van der Waals surface area contributed by atoms with Crippen LogP contribution in [0.15, 0.2) is 18.2 Å². The summed E-state index contributed by atoms with van der Waals surface area (Å²) < 4.78 is 14.8. The Morgan fingerprint density at radius 1 is 1.42 bits per heavy atom. The highest BCUT2D eigenvalue weighted by Crippen LogP contribution is 2.18. The van der Waals surface area contributed by atoms with Gasteiger partial charge in [-0.15, -0.1) is 5.10 Å². The van der Waals surface area contributed by atoms with Gasteiger partial charge < -0.3 is 5.32 Å². The largest absolute Gasteiger partial charge is 0.307 e. The van der Waals surface area contributed by atoms with Gasteiger partial charge in [0.15, 0.2) is 5.82 Å². The molecule has 102 valence electrons. The van der Waals surface area contributed by atoms with E-state index in [1.54, 1.807) is 10.7 Å². The molecule has 0 aliphatic heterocycles. The summed E-state index contributed by atoms with van der Waals surface area (Å²) in [6, 6.07) is 4.62. The predicted molar refractivity (Wildman–Crippen MR) is 70.6 cm³/mol. The molecule has 19 heavy (non-hydrogen) atoms. The lowest BCUT2D eigenvalue weighted by molar-refractivity contribution is 0.530. The van der Waals surface area contributed by atoms with Crippen LogP contribution in [-0.2, 0) is 0 Å². The number of rotatable bonds is 5. The van der Waals surface area contributed by atoms with Gasteiger partial charge in [0, 0.05) is 0 Å². The zero-order valence-electron chi connectivity index (χ0n) is 11.4. The number of nitrogens with one attached hydrogen (secondary N) is 1. The van der Waals surface area contributed by atoms with E-state index in [2.05, 4.69) is 27.8 Å². The Hall–Kier alpha value is -1.82. The summed E-state index contributed by atoms with van der Waals surface area (Å²) in [4.78, 5) is 0. The lowest BCUT2D eigenvalue weighted by atomic mass is 10.2. The van der Waals surface area contributed by atoms with Crippen LogP contribution in [0.2, 0.25) is 0 Å². The quantitative estimate of drug-likeness (QED) is 0.898. The lowest BCUT2D eigenvalue weighted by Crippen LogP contribution is -2.23. The Morgan fingerprint density at radius 2 is 2.21 bits per heavy atom. The van der Waals surface area contributed by atoms with E-state index in [-0.39, 0.29) is 11.9 Å². The molecular weight excluding hydrogens is 245 g/mol. The molecule has 2 rings (SSSR count). The van der Waals surface area contributed by atoms with E-state index in [0.717, 1.165) is 30.0 Å². The number of hydrogen-bond donors (Lipinski definition) is 1. The topological polar surface area (TPSA) is 55.6 Å². The predicted octanol–water partition coefficient (Wildman–Crippen LogP) is 2.17. The van der Waals surface area contributed by atoms with Crippen LogP contribution in [0.3, 0.4) is 0 Å². The highest BCUT2D eigenvalue weighted by molar-refractivity contribution is 5.40. The number of hydrogen-bond acceptors (Lipinski definition) is 4. The summed E-state index contributed by atoms with van der Waals surface area (Å²) in [6.07, 6.45) is 1.04. The molecular formula is C13H18FN5. The molecule has 1 unspecified atom stereocenters. The Bertz CT molecular complexity index is 552. The molecule has 0 fully saturated rings. The van der Waals surface area contributed by atoms with Gasteiger partial charge in [0.2, 0.25) is 0 Å². The van der Waals surface area contributed by atoms with Crippen molar-refractivity contribution in [3.63, 3.8) is 0 Å². The fraction of sp³-hybridized carbons (Fsp3) is 0.462. The van der Waals surface area contributed by atoms with E-state index in [9.17, 15) is 4.39 Å². The number of benzene rings is 1. The van der Waals surface area contributed by atoms with Crippen molar-refractivity contribution in [2.24, 2.45) is 0 Å². The van der Waals surface area contributed by atoms with Crippen molar-refractivity contribution in [3.05, 3.63) is 35.4 Å². The van der Waals surface area contributed by atoms with Crippen LogP contribution in [-0.4, -0.2) is 26.8 Å². The van der Waals surface area contributed by atoms with E-state index in [1.807, 2.05) is 13.8 Å². The molecule has 1 N–H and O–H groups in total. The molecule has 1 heterocycles. The van der Waals surface area contributed by atoms with Crippen LogP contribution in [0.4, 0.5) is 4.39 Å². The summed E-state index contributed by atoms with van der Waals surface area (Å²) in [5.74, 6) is 0.469. The molecule has 0 saturated carbocycles. The summed E-state index contributed by atoms with van der Waals surface area (Å²) in [5, 5.41) is 15.1. The molecule has 2 aromatic rings. The minimum Gasteiger partial charge on any atom is -0.307 e. The second kappa shape index (κ2) is 5.88. The number of halogens is 1. The first-order valence-electron chi connectivity index (χ1n) is 6.41. The first-order valence-corrected chi connectivity index (χ1v) is 6.41. The normalized spacial score (nSPS) is 12.6. The van der Waals surface area contributed by atoms with E-state index in [0.29, 0.717) is 0 Å². The maximum atomic E-state index is 13.1. The van der Waals surface area contributed by atoms with Crippen LogP contribution in [0.25, 0.3) is 5.69 Å². The van der Waals surface area contributed by atoms with Gasteiger partial charge in [-0.3, -0.25) is 0 Å². The summed E-state index contributed by atoms with van der Waals surface area (Å²) in [7, 11) is 0. The van der Waals surface area contributed by atoms with Gasteiger partial charge in [-0.05, 0) is 61.0 Å². The SMILES string of the molecule is CCCNC(C)c1nnnn1-c1ccc(F)cc1C. The minimum atomic E-state index is -0.256. The molecule has 1 aromatic carbocycles. The van der Waals surface area contributed by atoms with Gasteiger partial charge in [-0.1, -0.05) is 6.92 Å². The second-order valence-corrected chi connectivity index (χ2v) is 4.56. The smallest absolute Gasteiger partial charge is 0.173 e. The molecule has 1 aromatic heterocycles. The van der Waals surface area contributed by atoms with Crippen molar-refractivity contribution >= 4 is 0 Å². The third kappa shape index (κ3) is 2.96. The Morgan fingerprint density at radius 3 is 2.89 bits per heavy atom. The molecule has 5 nitrogen and oxygen atoms in total. The Labute approximate surface area is 111 Å². The molecule has 0 amide bonds. The zero-order chi connectivity index (χ0) is 13.8. The van der Waals surface area contributed by atoms with Gasteiger partial charge >= 0.3 is 0 Å². The molecule has 0 radical (unpaired) electrons. The van der Waals surface area contributed by atoms with Crippen molar-refractivity contribution in [1.29, 1.82) is 0 Å². The molecule has 6 heteroatoms. The highest BCUT2D eigenvalue weighted by Gasteiger charge is 2.16. The second-order valence-electron chi connectivity index (χ2n) is 4.56. The molecule has 0 spiro atoms. The fourth-order valence-corrected chi connectivity index (χ4v) is 1.94. The lowest BCUT2D eigenvalue weighted by Gasteiger charge is -2.14. The fourth-order valence-electron chi connectivity index (χ4n) is 1.94. The van der Waals surface area contributed by atoms with Crippen LogP contribution in [0.5, 0.6) is 0 Å². The molecule has 1 atom stereocenters. The molecule has 0 saturated heterocycles. The summed E-state index contributed by atoms with van der Waals surface area (Å²) in [5.41, 5.74) is 1.60. The average Bonchev–Trinajstić information content (AvgIpc) is 2.85. The van der Waals surface area contributed by atoms with Gasteiger partial charge in [0.25, 0.3) is 0 Å². The monoisotopic (exact) mass is 263 g/mol. The van der Waals surface area contributed by atoms with Crippen molar-refractivity contribution in [1.82, 2.24) is 25.5 Å². The Kier molecular flexibility index (Phi) is 4.21. The third-order valence-corrected chi connectivity index (χ3v) is 2.97. The van der Waals surface area contributed by atoms with Crippen molar-refractivity contribution in [2.45, 2.75) is 33.2 Å². The standard InChI is InChI=1S/C13H18FN5/c1-4-7-15-10(3)13-16-17-18-19(13)12-6-5-11(14)8-9(12)2/h5-6,8,10,15H,4,7H2,1-3H3. The van der Waals surface area contributed by atoms with E-state index < -0.39 is 0 Å². The molecule has 0 bridgehead atoms. The van der Waals surface area contributed by atoms with E-state index in [1.165, 1.54) is 12.1 Å². The van der Waals surface area contributed by atoms with Crippen LogP contribution in [0.1, 0.15) is 37.7 Å². The maximum absolute atomic E-state index is 13.1. The van der Waals surface area contributed by atoms with Gasteiger partial charge in [-0.2, -0.15) is 4.68 Å². The zero-order valence-corrected chi connectivity index (χ0v) is 11.4. The number of aryl methyl sites for hydroxylation is 1. The van der Waals surface area contributed by atoms with Crippen LogP contribution >= 0.6 is 0 Å². The summed E-state index contributed by atoms with van der Waals surface area (Å²) >= 11 is 0. The third-order valence-electron chi connectivity index (χ3n) is 2.97. The number of tetrazole rings is 1. The first-order chi connectivity index (χ1) is 9.13. The number of nitrogens with zero attached hydrogens (tertiary/aromatic N) is 4. The number of aromatic nitrogens is 4. The minimum absolute atomic E-state index is 0.0411. The van der Waals surface area contributed by atoms with Crippen LogP contribution in [0, 0.1) is 12.7 Å². The van der Waals surface area contributed by atoms with E-state index >= 15 is 0 Å². The van der Waals surface area contributed by atoms with Crippen molar-refractivity contribution in [2.75, 3.05) is 6.54 Å². The van der Waals surface area contributed by atoms with Crippen molar-refractivity contribution in [3.8, 4) is 5.69 Å². The summed E-state index contributed by atoms with van der Waals surface area (Å²) in [6.45, 7) is 6.86. The van der Waals surface area contributed by atoms with Gasteiger partial charge in [0.1, 0.15) is 5.82 Å². The first kappa shape index (κ1) is 13.6. The molecule has 0 aliphatic rings. The van der Waals surface area contributed by atoms with Crippen LogP contribution < -0.4 is 5.32 Å². The van der Waals surface area contributed by atoms with E-state index in [4.69, 9.17) is 0 Å².